The number of hydrogen-bond acceptors (Lipinski definition) is 5. The van der Waals surface area contributed by atoms with Crippen LogP contribution in [0.25, 0.3) is 0 Å². The maximum absolute atomic E-state index is 13.7. The summed E-state index contributed by atoms with van der Waals surface area (Å²) in [5.41, 5.74) is 10.2. The zero-order chi connectivity index (χ0) is 15.3. The highest BCUT2D eigenvalue weighted by Crippen LogP contribution is 2.62. The predicted octanol–water partition coefficient (Wildman–Crippen LogP) is 0.611. The second kappa shape index (κ2) is 4.28. The molecule has 0 aromatic heterocycles. The van der Waals surface area contributed by atoms with Crippen molar-refractivity contribution >= 4 is 21.6 Å². The summed E-state index contributed by atoms with van der Waals surface area (Å²) in [5.74, 6) is -7.31. The van der Waals surface area contributed by atoms with Crippen molar-refractivity contribution in [3.63, 3.8) is 0 Å². The van der Waals surface area contributed by atoms with Gasteiger partial charge in [0.05, 0.1) is 16.7 Å². The van der Waals surface area contributed by atoms with Gasteiger partial charge in [-0.3, -0.25) is 4.55 Å². The van der Waals surface area contributed by atoms with Gasteiger partial charge in [-0.1, -0.05) is 11.2 Å². The van der Waals surface area contributed by atoms with E-state index in [1.165, 1.54) is 6.07 Å². The standard InChI is InChI=1S/C10H11F2N3O4S/c11-10(12)7(8(10)9(14)15-16)5-2-1-4(13)3-6(5)20(17,18)19/h1-3,7-8,16H,13H2,(H2,14,15)(H,17,18,19)/t7-,8+/m1/s1. The molecule has 2 atom stereocenters. The first-order valence-corrected chi connectivity index (χ1v) is 6.77. The minimum absolute atomic E-state index is 0.00862. The number of hydrogen-bond donors (Lipinski definition) is 4. The van der Waals surface area contributed by atoms with Crippen molar-refractivity contribution in [3.05, 3.63) is 23.8 Å². The molecule has 0 unspecified atom stereocenters. The molecule has 0 radical (unpaired) electrons. The van der Waals surface area contributed by atoms with Crippen LogP contribution in [0.5, 0.6) is 0 Å². The average molecular weight is 307 g/mol. The fraction of sp³-hybridized carbons (Fsp3) is 0.300. The van der Waals surface area contributed by atoms with Crippen LogP contribution in [0.2, 0.25) is 0 Å². The van der Waals surface area contributed by atoms with E-state index in [4.69, 9.17) is 21.2 Å². The Hall–Kier alpha value is -1.94. The molecule has 1 fully saturated rings. The van der Waals surface area contributed by atoms with Crippen molar-refractivity contribution in [3.8, 4) is 0 Å². The number of oxime groups is 1. The molecular formula is C10H11F2N3O4S. The molecule has 1 aliphatic rings. The summed E-state index contributed by atoms with van der Waals surface area (Å²) in [4.78, 5) is -0.713. The molecule has 1 aliphatic carbocycles. The van der Waals surface area contributed by atoms with Gasteiger partial charge in [0.25, 0.3) is 16.0 Å². The van der Waals surface area contributed by atoms with Crippen molar-refractivity contribution < 1.29 is 27.0 Å². The third kappa shape index (κ3) is 2.16. The number of anilines is 1. The Kier molecular flexibility index (Phi) is 3.10. The van der Waals surface area contributed by atoms with E-state index in [1.54, 1.807) is 0 Å². The van der Waals surface area contributed by atoms with Crippen LogP contribution in [-0.4, -0.2) is 29.9 Å². The highest BCUT2D eigenvalue weighted by Gasteiger charge is 2.71. The van der Waals surface area contributed by atoms with Crippen molar-refractivity contribution in [1.82, 2.24) is 0 Å². The van der Waals surface area contributed by atoms with E-state index in [2.05, 4.69) is 5.16 Å². The Morgan fingerprint density at radius 2 is 2.00 bits per heavy atom. The van der Waals surface area contributed by atoms with Gasteiger partial charge < -0.3 is 16.7 Å². The van der Waals surface area contributed by atoms with Gasteiger partial charge in [-0.05, 0) is 17.7 Å². The van der Waals surface area contributed by atoms with Crippen molar-refractivity contribution in [2.24, 2.45) is 16.8 Å². The summed E-state index contributed by atoms with van der Waals surface area (Å²) >= 11 is 0. The second-order valence-electron chi connectivity index (χ2n) is 4.43. The molecule has 1 aromatic rings. The molecule has 7 nitrogen and oxygen atoms in total. The molecule has 0 spiro atoms. The zero-order valence-corrected chi connectivity index (χ0v) is 10.7. The van der Waals surface area contributed by atoms with Gasteiger partial charge in [-0.25, -0.2) is 8.78 Å². The van der Waals surface area contributed by atoms with Crippen LogP contribution in [-0.2, 0) is 10.1 Å². The topological polar surface area (TPSA) is 139 Å². The number of nitrogens with zero attached hydrogens (tertiary/aromatic N) is 1. The minimum atomic E-state index is -4.72. The van der Waals surface area contributed by atoms with Crippen LogP contribution >= 0.6 is 0 Å². The Morgan fingerprint density at radius 3 is 2.50 bits per heavy atom. The summed E-state index contributed by atoms with van der Waals surface area (Å²) in [6.07, 6.45) is 0. The number of nitrogen functional groups attached to an aromatic ring is 1. The van der Waals surface area contributed by atoms with Gasteiger partial charge >= 0.3 is 0 Å². The smallest absolute Gasteiger partial charge is 0.294 e. The Bertz CT molecular complexity index is 690. The Morgan fingerprint density at radius 1 is 1.40 bits per heavy atom. The molecule has 1 aromatic carbocycles. The first-order valence-electron chi connectivity index (χ1n) is 5.33. The number of nitrogens with two attached hydrogens (primary N) is 2. The van der Waals surface area contributed by atoms with E-state index in [0.29, 0.717) is 0 Å². The van der Waals surface area contributed by atoms with Crippen LogP contribution in [0.15, 0.2) is 28.3 Å². The molecule has 10 heteroatoms. The first-order chi connectivity index (χ1) is 9.10. The van der Waals surface area contributed by atoms with Crippen LogP contribution in [0.3, 0.4) is 0 Å². The number of benzene rings is 1. The molecule has 110 valence electrons. The molecule has 6 N–H and O–H groups in total. The third-order valence-corrected chi connectivity index (χ3v) is 4.05. The maximum Gasteiger partial charge on any atom is 0.294 e. The third-order valence-electron chi connectivity index (χ3n) is 3.14. The summed E-state index contributed by atoms with van der Waals surface area (Å²) in [6.45, 7) is 0. The number of alkyl halides is 2. The summed E-state index contributed by atoms with van der Waals surface area (Å²) < 4.78 is 58.9. The SMILES string of the molecule is NC(=NO)[C@@H]1[C@@H](c2ccc(N)cc2S(=O)(=O)O)C1(F)F. The number of halogens is 2. The molecule has 0 heterocycles. The average Bonchev–Trinajstić information content (AvgIpc) is 2.90. The van der Waals surface area contributed by atoms with Gasteiger partial charge in [0.15, 0.2) is 0 Å². The van der Waals surface area contributed by atoms with E-state index >= 15 is 0 Å². The number of amidine groups is 1. The Balaban J connectivity index is 2.56. The zero-order valence-electron chi connectivity index (χ0n) is 9.86. The summed E-state index contributed by atoms with van der Waals surface area (Å²) in [6, 6.07) is 3.17. The fourth-order valence-corrected chi connectivity index (χ4v) is 2.95. The van der Waals surface area contributed by atoms with Crippen molar-refractivity contribution in [1.29, 1.82) is 0 Å². The molecule has 2 rings (SSSR count). The quantitative estimate of drug-likeness (QED) is 0.161. The lowest BCUT2D eigenvalue weighted by atomic mass is 10.1. The number of rotatable bonds is 3. The minimum Gasteiger partial charge on any atom is -0.409 e. The van der Waals surface area contributed by atoms with E-state index in [9.17, 15) is 17.2 Å². The van der Waals surface area contributed by atoms with Gasteiger partial charge in [0, 0.05) is 5.69 Å². The van der Waals surface area contributed by atoms with Gasteiger partial charge in [0.2, 0.25) is 0 Å². The molecule has 0 saturated heterocycles. The van der Waals surface area contributed by atoms with E-state index in [0.717, 1.165) is 12.1 Å². The lowest BCUT2D eigenvalue weighted by molar-refractivity contribution is 0.102. The van der Waals surface area contributed by atoms with Crippen LogP contribution < -0.4 is 11.5 Å². The normalized spacial score (nSPS) is 25.4. The molecular weight excluding hydrogens is 296 g/mol. The van der Waals surface area contributed by atoms with Crippen molar-refractivity contribution in [2.75, 3.05) is 5.73 Å². The highest BCUT2D eigenvalue weighted by atomic mass is 32.2. The van der Waals surface area contributed by atoms with Crippen molar-refractivity contribution in [2.45, 2.75) is 16.7 Å². The summed E-state index contributed by atoms with van der Waals surface area (Å²) in [7, 11) is -4.72. The molecule has 0 bridgehead atoms. The van der Waals surface area contributed by atoms with Crippen LogP contribution in [0.1, 0.15) is 11.5 Å². The van der Waals surface area contributed by atoms with Crippen LogP contribution in [0.4, 0.5) is 14.5 Å². The van der Waals surface area contributed by atoms with Gasteiger partial charge in [0.1, 0.15) is 5.84 Å². The monoisotopic (exact) mass is 307 g/mol. The lowest BCUT2D eigenvalue weighted by Gasteiger charge is -2.07. The largest absolute Gasteiger partial charge is 0.409 e. The second-order valence-corrected chi connectivity index (χ2v) is 5.82. The molecule has 20 heavy (non-hydrogen) atoms. The maximum atomic E-state index is 13.7. The van der Waals surface area contributed by atoms with E-state index < -0.39 is 38.6 Å². The molecule has 0 amide bonds. The van der Waals surface area contributed by atoms with E-state index in [-0.39, 0.29) is 11.3 Å². The van der Waals surface area contributed by atoms with Gasteiger partial charge in [-0.2, -0.15) is 8.42 Å². The Labute approximate surface area is 112 Å². The predicted molar refractivity (Wildman–Crippen MR) is 65.3 cm³/mol. The molecule has 0 aliphatic heterocycles. The molecule has 1 saturated carbocycles. The lowest BCUT2D eigenvalue weighted by Crippen LogP contribution is -2.18. The first kappa shape index (κ1) is 14.5. The van der Waals surface area contributed by atoms with E-state index in [1.807, 2.05) is 0 Å². The fourth-order valence-electron chi connectivity index (χ4n) is 2.18. The van der Waals surface area contributed by atoms with Gasteiger partial charge in [-0.15, -0.1) is 0 Å². The highest BCUT2D eigenvalue weighted by molar-refractivity contribution is 7.85. The van der Waals surface area contributed by atoms with Crippen LogP contribution in [0, 0.1) is 5.92 Å². The summed E-state index contributed by atoms with van der Waals surface area (Å²) in [5, 5.41) is 11.0.